The molecule has 3 aromatic rings. The number of benzene rings is 2. The minimum Gasteiger partial charge on any atom is -0.481 e. The topological polar surface area (TPSA) is 147 Å². The van der Waals surface area contributed by atoms with Gasteiger partial charge in [-0.25, -0.2) is 18.4 Å². The van der Waals surface area contributed by atoms with Crippen molar-refractivity contribution in [2.75, 3.05) is 11.9 Å². The Kier molecular flexibility index (Phi) is 6.80. The number of primary amides is 1. The number of carbonyl (C=O) groups is 4. The quantitative estimate of drug-likeness (QED) is 0.382. The highest BCUT2D eigenvalue weighted by molar-refractivity contribution is 6.30. The fourth-order valence-electron chi connectivity index (χ4n) is 4.16. The zero-order valence-corrected chi connectivity index (χ0v) is 19.3. The number of carbonyl (C=O) groups excluding carboxylic acids is 3. The Balaban J connectivity index is 1.56. The largest absolute Gasteiger partial charge is 0.481 e. The van der Waals surface area contributed by atoms with E-state index in [1.165, 1.54) is 6.20 Å². The molecule has 1 aliphatic rings. The highest BCUT2D eigenvalue weighted by atomic mass is 35.5. The van der Waals surface area contributed by atoms with Crippen molar-refractivity contribution >= 4 is 52.1 Å². The van der Waals surface area contributed by atoms with Crippen molar-refractivity contribution in [2.45, 2.75) is 19.0 Å². The number of hydrogen-bond acceptors (Lipinski definition) is 4. The van der Waals surface area contributed by atoms with E-state index >= 15 is 0 Å². The number of amides is 4. The number of urea groups is 1. The molecule has 1 aliphatic heterocycles. The molecule has 5 N–H and O–H groups in total. The Morgan fingerprint density at radius 2 is 1.86 bits per heavy atom. The molecule has 13 heteroatoms. The molecule has 10 nitrogen and oxygen atoms in total. The average Bonchev–Trinajstić information content (AvgIpc) is 3.44. The van der Waals surface area contributed by atoms with Crippen LogP contribution in [0.3, 0.4) is 0 Å². The smallest absolute Gasteiger partial charge is 0.323 e. The lowest BCUT2D eigenvalue weighted by Gasteiger charge is -2.24. The summed E-state index contributed by atoms with van der Waals surface area (Å²) in [4.78, 5) is 50.4. The van der Waals surface area contributed by atoms with Crippen LogP contribution in [-0.4, -0.2) is 51.1 Å². The first-order chi connectivity index (χ1) is 17.1. The van der Waals surface area contributed by atoms with Gasteiger partial charge in [0.05, 0.1) is 22.1 Å². The first kappa shape index (κ1) is 24.9. The maximum atomic E-state index is 14.2. The van der Waals surface area contributed by atoms with Gasteiger partial charge in [0.2, 0.25) is 5.91 Å². The summed E-state index contributed by atoms with van der Waals surface area (Å²) >= 11 is 5.68. The third kappa shape index (κ3) is 4.67. The molecule has 188 valence electrons. The van der Waals surface area contributed by atoms with Crippen molar-refractivity contribution in [1.29, 1.82) is 0 Å². The normalized spacial score (nSPS) is 17.2. The Bertz CT molecular complexity index is 1390. The van der Waals surface area contributed by atoms with E-state index in [9.17, 15) is 33.1 Å². The van der Waals surface area contributed by atoms with E-state index in [4.69, 9.17) is 17.3 Å². The number of carboxylic acids is 1. The van der Waals surface area contributed by atoms with Crippen LogP contribution in [0.2, 0.25) is 5.02 Å². The number of rotatable bonds is 5. The van der Waals surface area contributed by atoms with Crippen molar-refractivity contribution in [3.63, 3.8) is 0 Å². The van der Waals surface area contributed by atoms with Gasteiger partial charge in [-0.05, 0) is 24.6 Å². The van der Waals surface area contributed by atoms with Crippen LogP contribution < -0.4 is 16.4 Å². The van der Waals surface area contributed by atoms with Gasteiger partial charge in [-0.2, -0.15) is 0 Å². The van der Waals surface area contributed by atoms with Gasteiger partial charge in [-0.1, -0.05) is 29.8 Å². The fraction of sp³-hybridized carbons (Fsp3) is 0.217. The van der Waals surface area contributed by atoms with E-state index in [0.717, 1.165) is 21.6 Å². The minimum absolute atomic E-state index is 0.210. The molecule has 0 spiro atoms. The number of hydrogen-bond donors (Lipinski definition) is 4. The molecule has 0 radical (unpaired) electrons. The Morgan fingerprint density at radius 3 is 2.56 bits per heavy atom. The molecule has 0 bridgehead atoms. The maximum Gasteiger partial charge on any atom is 0.323 e. The third-order valence-corrected chi connectivity index (χ3v) is 6.28. The number of fused-ring (bicyclic) bond motifs is 1. The van der Waals surface area contributed by atoms with E-state index in [1.807, 2.05) is 0 Å². The molecule has 2 aromatic carbocycles. The van der Waals surface area contributed by atoms with Gasteiger partial charge in [0.25, 0.3) is 0 Å². The fourth-order valence-corrected chi connectivity index (χ4v) is 4.34. The van der Waals surface area contributed by atoms with Crippen molar-refractivity contribution in [2.24, 2.45) is 11.7 Å². The van der Waals surface area contributed by atoms with Crippen LogP contribution in [0.25, 0.3) is 10.9 Å². The molecular formula is C23H20ClF2N5O5. The van der Waals surface area contributed by atoms with Crippen LogP contribution in [-0.2, 0) is 16.1 Å². The summed E-state index contributed by atoms with van der Waals surface area (Å²) in [5.41, 5.74) is 5.57. The Morgan fingerprint density at radius 1 is 1.14 bits per heavy atom. The molecule has 0 aliphatic carbocycles. The third-order valence-electron chi connectivity index (χ3n) is 5.98. The van der Waals surface area contributed by atoms with Crippen LogP contribution in [0.15, 0.2) is 42.6 Å². The summed E-state index contributed by atoms with van der Waals surface area (Å²) in [6.45, 7) is -0.847. The standard InChI is InChI=1S/C23H20ClF2N5O5/c24-14-5-6-15(25)13(19(14)26)8-28-20(32)18-7-11(21(33)34)9-31(18)23(36)29-16-10-30(22(27)35)17-4-2-1-3-12(16)17/h1-6,10-11,18H,7-9H2,(H2,27,35)(H,28,32)(H,29,36)(H,33,34)/t11-,18-/m0/s1. The Labute approximate surface area is 207 Å². The monoisotopic (exact) mass is 519 g/mol. The number of carboxylic acid groups (broad SMARTS) is 1. The number of nitrogens with zero attached hydrogens (tertiary/aromatic N) is 2. The van der Waals surface area contributed by atoms with E-state index in [-0.39, 0.29) is 23.7 Å². The SMILES string of the molecule is NC(=O)n1cc(NC(=O)N2C[C@@H](C(=O)O)C[C@H]2C(=O)NCc2c(F)ccc(Cl)c2F)c2ccccc21. The summed E-state index contributed by atoms with van der Waals surface area (Å²) in [7, 11) is 0. The lowest BCUT2D eigenvalue weighted by molar-refractivity contribution is -0.141. The van der Waals surface area contributed by atoms with E-state index in [2.05, 4.69) is 10.6 Å². The van der Waals surface area contributed by atoms with E-state index in [1.54, 1.807) is 24.3 Å². The highest BCUT2D eigenvalue weighted by Gasteiger charge is 2.42. The van der Waals surface area contributed by atoms with Crippen LogP contribution >= 0.6 is 11.6 Å². The molecule has 2 heterocycles. The number of likely N-dealkylation sites (tertiary alicyclic amines) is 1. The predicted molar refractivity (Wildman–Crippen MR) is 125 cm³/mol. The number of aliphatic carboxylic acids is 1. The van der Waals surface area contributed by atoms with Crippen molar-refractivity contribution in [3.8, 4) is 0 Å². The molecule has 1 fully saturated rings. The van der Waals surface area contributed by atoms with Gasteiger partial charge >= 0.3 is 18.0 Å². The summed E-state index contributed by atoms with van der Waals surface area (Å²) in [6, 6.07) is 5.80. The van der Waals surface area contributed by atoms with E-state index in [0.29, 0.717) is 10.9 Å². The zero-order valence-electron chi connectivity index (χ0n) is 18.5. The highest BCUT2D eigenvalue weighted by Crippen LogP contribution is 2.29. The first-order valence-corrected chi connectivity index (χ1v) is 11.1. The number of halogens is 3. The zero-order chi connectivity index (χ0) is 26.1. The molecule has 36 heavy (non-hydrogen) atoms. The summed E-state index contributed by atoms with van der Waals surface area (Å²) in [6.07, 6.45) is 1.10. The Hall–Kier alpha value is -4.19. The van der Waals surface area contributed by atoms with Gasteiger partial charge in [-0.15, -0.1) is 0 Å². The number of nitrogens with two attached hydrogens (primary N) is 1. The molecule has 1 aromatic heterocycles. The van der Waals surface area contributed by atoms with Crippen LogP contribution in [0.1, 0.15) is 12.0 Å². The van der Waals surface area contributed by atoms with Crippen molar-refractivity contribution in [1.82, 2.24) is 14.8 Å². The van der Waals surface area contributed by atoms with Crippen molar-refractivity contribution in [3.05, 3.63) is 64.8 Å². The number of anilines is 1. The summed E-state index contributed by atoms with van der Waals surface area (Å²) < 4.78 is 29.3. The van der Waals surface area contributed by atoms with Gasteiger partial charge in [0.1, 0.15) is 17.7 Å². The minimum atomic E-state index is -1.24. The molecule has 2 atom stereocenters. The van der Waals surface area contributed by atoms with Crippen LogP contribution in [0.4, 0.5) is 24.1 Å². The van der Waals surface area contributed by atoms with E-state index < -0.39 is 59.6 Å². The lowest BCUT2D eigenvalue weighted by atomic mass is 10.1. The second-order valence-corrected chi connectivity index (χ2v) is 8.58. The second kappa shape index (κ2) is 9.82. The van der Waals surface area contributed by atoms with Gasteiger partial charge in [0.15, 0.2) is 0 Å². The van der Waals surface area contributed by atoms with Crippen molar-refractivity contribution < 1.29 is 33.1 Å². The van der Waals surface area contributed by atoms with Gasteiger partial charge in [0, 0.05) is 30.2 Å². The molecular weight excluding hydrogens is 500 g/mol. The molecule has 0 saturated carbocycles. The average molecular weight is 520 g/mol. The lowest BCUT2D eigenvalue weighted by Crippen LogP contribution is -2.47. The molecule has 4 rings (SSSR count). The second-order valence-electron chi connectivity index (χ2n) is 8.18. The van der Waals surface area contributed by atoms with Gasteiger partial charge in [-0.3, -0.25) is 14.2 Å². The molecule has 1 saturated heterocycles. The summed E-state index contributed by atoms with van der Waals surface area (Å²) in [5, 5.41) is 14.6. The number of nitrogens with one attached hydrogen (secondary N) is 2. The number of aromatic nitrogens is 1. The predicted octanol–water partition coefficient (Wildman–Crippen LogP) is 3.12. The summed E-state index contributed by atoms with van der Waals surface area (Å²) in [5.74, 6) is -5.01. The molecule has 0 unspecified atom stereocenters. The molecule has 4 amide bonds. The van der Waals surface area contributed by atoms with Crippen LogP contribution in [0, 0.1) is 17.6 Å². The number of para-hydroxylation sites is 1. The first-order valence-electron chi connectivity index (χ1n) is 10.7. The van der Waals surface area contributed by atoms with Crippen LogP contribution in [0.5, 0.6) is 0 Å². The maximum absolute atomic E-state index is 14.2. The van der Waals surface area contributed by atoms with Gasteiger partial charge < -0.3 is 26.4 Å².